The predicted octanol–water partition coefficient (Wildman–Crippen LogP) is 1.72. The molecular formula is C12H16N2O4S. The maximum Gasteiger partial charge on any atom is 0.358 e. The molecule has 1 N–H and O–H groups in total. The summed E-state index contributed by atoms with van der Waals surface area (Å²) in [5, 5.41) is 3.77. The first-order valence-corrected chi connectivity index (χ1v) is 6.73. The van der Waals surface area contributed by atoms with Gasteiger partial charge in [-0.2, -0.15) is 0 Å². The first-order chi connectivity index (χ1) is 8.95. The molecule has 1 aromatic heterocycles. The van der Waals surface area contributed by atoms with Gasteiger partial charge in [0.25, 0.3) is 0 Å². The first kappa shape index (κ1) is 14.0. The molecule has 1 aliphatic heterocycles. The number of ether oxygens (including phenoxy) is 2. The molecule has 2 rings (SSSR count). The number of esters is 1. The molecule has 1 fully saturated rings. The zero-order valence-corrected chi connectivity index (χ0v) is 11.9. The summed E-state index contributed by atoms with van der Waals surface area (Å²) in [7, 11) is 1.27. The lowest BCUT2D eigenvalue weighted by atomic mass is 10.0. The van der Waals surface area contributed by atoms with Gasteiger partial charge in [-0.05, 0) is 13.3 Å². The molecule has 0 saturated carbocycles. The number of hydrogen-bond acceptors (Lipinski definition) is 7. The van der Waals surface area contributed by atoms with Gasteiger partial charge in [0.05, 0.1) is 19.3 Å². The first-order valence-electron chi connectivity index (χ1n) is 5.91. The van der Waals surface area contributed by atoms with Crippen LogP contribution in [0, 0.1) is 0 Å². The minimum Gasteiger partial charge on any atom is -0.464 e. The van der Waals surface area contributed by atoms with E-state index in [2.05, 4.69) is 15.0 Å². The predicted molar refractivity (Wildman–Crippen MR) is 70.9 cm³/mol. The van der Waals surface area contributed by atoms with Gasteiger partial charge in [0.2, 0.25) is 0 Å². The third-order valence-corrected chi connectivity index (χ3v) is 4.02. The smallest absolute Gasteiger partial charge is 0.358 e. The number of carbonyl (C=O) groups is 2. The molecule has 104 valence electrons. The molecule has 1 aromatic rings. The van der Waals surface area contributed by atoms with Crippen molar-refractivity contribution in [2.75, 3.05) is 25.6 Å². The molecular weight excluding hydrogens is 268 g/mol. The Morgan fingerprint density at radius 1 is 1.53 bits per heavy atom. The molecule has 1 unspecified atom stereocenters. The monoisotopic (exact) mass is 284 g/mol. The number of carbonyl (C=O) groups excluding carboxylic acids is 2. The average Bonchev–Trinajstić information content (AvgIpc) is 2.95. The highest BCUT2D eigenvalue weighted by atomic mass is 32.1. The number of methoxy groups -OCH3 is 1. The van der Waals surface area contributed by atoms with Crippen molar-refractivity contribution in [1.82, 2.24) is 4.98 Å². The van der Waals surface area contributed by atoms with E-state index in [9.17, 15) is 9.59 Å². The number of aromatic nitrogens is 1. The second-order valence-electron chi connectivity index (χ2n) is 4.73. The normalized spacial score (nSPS) is 22.3. The zero-order valence-electron chi connectivity index (χ0n) is 11.1. The molecule has 2 heterocycles. The van der Waals surface area contributed by atoms with Crippen LogP contribution < -0.4 is 5.32 Å². The molecule has 7 heteroatoms. The van der Waals surface area contributed by atoms with Crippen LogP contribution in [0.15, 0.2) is 0 Å². The van der Waals surface area contributed by atoms with Crippen LogP contribution in [0.3, 0.4) is 0 Å². The molecule has 19 heavy (non-hydrogen) atoms. The summed E-state index contributed by atoms with van der Waals surface area (Å²) in [4.78, 5) is 27.6. The molecule has 0 bridgehead atoms. The van der Waals surface area contributed by atoms with Crippen molar-refractivity contribution in [3.8, 4) is 0 Å². The number of nitrogens with one attached hydrogen (secondary N) is 1. The SMILES string of the molecule is COC(=O)c1nc(NC2(C)CCOC2)sc1C(C)=O. The summed E-state index contributed by atoms with van der Waals surface area (Å²) in [5.41, 5.74) is -0.135. The van der Waals surface area contributed by atoms with Crippen molar-refractivity contribution >= 4 is 28.2 Å². The summed E-state index contributed by atoms with van der Waals surface area (Å²) >= 11 is 1.17. The van der Waals surface area contributed by atoms with E-state index < -0.39 is 5.97 Å². The summed E-state index contributed by atoms with van der Waals surface area (Å²) in [5.74, 6) is -0.791. The van der Waals surface area contributed by atoms with E-state index in [-0.39, 0.29) is 17.0 Å². The fraction of sp³-hybridized carbons (Fsp3) is 0.583. The van der Waals surface area contributed by atoms with Crippen LogP contribution in [0.4, 0.5) is 5.13 Å². The summed E-state index contributed by atoms with van der Waals surface area (Å²) in [6, 6.07) is 0. The molecule has 6 nitrogen and oxygen atoms in total. The molecule has 0 amide bonds. The number of rotatable bonds is 4. The Morgan fingerprint density at radius 3 is 2.79 bits per heavy atom. The van der Waals surface area contributed by atoms with Gasteiger partial charge in [-0.25, -0.2) is 9.78 Å². The Hall–Kier alpha value is -1.47. The van der Waals surface area contributed by atoms with E-state index >= 15 is 0 Å². The van der Waals surface area contributed by atoms with Gasteiger partial charge in [-0.15, -0.1) is 0 Å². The van der Waals surface area contributed by atoms with Crippen LogP contribution in [-0.4, -0.2) is 42.6 Å². The number of Topliss-reactive ketones (excluding diaryl/α,β-unsaturated/α-hetero) is 1. The number of nitrogens with zero attached hydrogens (tertiary/aromatic N) is 1. The molecule has 0 radical (unpaired) electrons. The Balaban J connectivity index is 2.27. The topological polar surface area (TPSA) is 77.5 Å². The quantitative estimate of drug-likeness (QED) is 0.670. The van der Waals surface area contributed by atoms with Gasteiger partial charge >= 0.3 is 5.97 Å². The average molecular weight is 284 g/mol. The molecule has 1 saturated heterocycles. The third-order valence-electron chi connectivity index (χ3n) is 2.95. The van der Waals surface area contributed by atoms with Gasteiger partial charge in [0.15, 0.2) is 16.6 Å². The maximum absolute atomic E-state index is 11.6. The van der Waals surface area contributed by atoms with E-state index in [1.54, 1.807) is 0 Å². The molecule has 0 aromatic carbocycles. The van der Waals surface area contributed by atoms with Crippen molar-refractivity contribution < 1.29 is 19.1 Å². The Bertz CT molecular complexity index is 506. The molecule has 1 atom stereocenters. The lowest BCUT2D eigenvalue weighted by Crippen LogP contribution is -2.34. The van der Waals surface area contributed by atoms with Gasteiger partial charge in [-0.1, -0.05) is 11.3 Å². The molecule has 0 aliphatic carbocycles. The lowest BCUT2D eigenvalue weighted by Gasteiger charge is -2.22. The van der Waals surface area contributed by atoms with Gasteiger partial charge in [0.1, 0.15) is 4.88 Å². The van der Waals surface area contributed by atoms with Crippen molar-refractivity contribution in [1.29, 1.82) is 0 Å². The van der Waals surface area contributed by atoms with Crippen LogP contribution in [0.5, 0.6) is 0 Å². The highest BCUT2D eigenvalue weighted by Crippen LogP contribution is 2.29. The summed E-state index contributed by atoms with van der Waals surface area (Å²) in [6.45, 7) is 4.70. The maximum atomic E-state index is 11.6. The second kappa shape index (κ2) is 5.26. The van der Waals surface area contributed by atoms with Gasteiger partial charge < -0.3 is 14.8 Å². The van der Waals surface area contributed by atoms with Crippen LogP contribution in [0.2, 0.25) is 0 Å². The Kier molecular flexibility index (Phi) is 3.86. The molecule has 0 spiro atoms. The number of thiazole rings is 1. The number of anilines is 1. The van der Waals surface area contributed by atoms with Crippen molar-refractivity contribution in [3.63, 3.8) is 0 Å². The standard InChI is InChI=1S/C12H16N2O4S/c1-7(15)9-8(10(16)17-3)13-11(19-9)14-12(2)4-5-18-6-12/h4-6H2,1-3H3,(H,13,14). The van der Waals surface area contributed by atoms with Crippen molar-refractivity contribution in [2.45, 2.75) is 25.8 Å². The van der Waals surface area contributed by atoms with E-state index in [4.69, 9.17) is 4.74 Å². The van der Waals surface area contributed by atoms with Crippen molar-refractivity contribution in [2.24, 2.45) is 0 Å². The third kappa shape index (κ3) is 2.93. The highest BCUT2D eigenvalue weighted by molar-refractivity contribution is 7.17. The van der Waals surface area contributed by atoms with E-state index in [1.807, 2.05) is 6.92 Å². The highest BCUT2D eigenvalue weighted by Gasteiger charge is 2.31. The van der Waals surface area contributed by atoms with Crippen LogP contribution in [0.25, 0.3) is 0 Å². The van der Waals surface area contributed by atoms with E-state index in [1.165, 1.54) is 25.4 Å². The summed E-state index contributed by atoms with van der Waals surface area (Å²) < 4.78 is 9.98. The largest absolute Gasteiger partial charge is 0.464 e. The van der Waals surface area contributed by atoms with Gasteiger partial charge in [-0.3, -0.25) is 4.79 Å². The van der Waals surface area contributed by atoms with E-state index in [0.717, 1.165) is 6.42 Å². The molecule has 1 aliphatic rings. The zero-order chi connectivity index (χ0) is 14.0. The number of ketones is 1. The van der Waals surface area contributed by atoms with E-state index in [0.29, 0.717) is 23.2 Å². The minimum absolute atomic E-state index is 0.0741. The Morgan fingerprint density at radius 2 is 2.26 bits per heavy atom. The Labute approximate surface area is 115 Å². The fourth-order valence-electron chi connectivity index (χ4n) is 1.87. The van der Waals surface area contributed by atoms with Crippen LogP contribution in [-0.2, 0) is 9.47 Å². The number of hydrogen-bond donors (Lipinski definition) is 1. The van der Waals surface area contributed by atoms with Crippen LogP contribution in [0.1, 0.15) is 40.4 Å². The minimum atomic E-state index is -0.595. The second-order valence-corrected chi connectivity index (χ2v) is 5.73. The van der Waals surface area contributed by atoms with Crippen molar-refractivity contribution in [3.05, 3.63) is 10.6 Å². The fourth-order valence-corrected chi connectivity index (χ4v) is 2.87. The summed E-state index contributed by atoms with van der Waals surface area (Å²) in [6.07, 6.45) is 0.857. The lowest BCUT2D eigenvalue weighted by molar-refractivity contribution is 0.0591. The van der Waals surface area contributed by atoms with Crippen LogP contribution >= 0.6 is 11.3 Å². The van der Waals surface area contributed by atoms with Gasteiger partial charge in [0, 0.05) is 13.5 Å².